The van der Waals surface area contributed by atoms with E-state index in [4.69, 9.17) is 4.99 Å². The van der Waals surface area contributed by atoms with Gasteiger partial charge < -0.3 is 10.2 Å². The van der Waals surface area contributed by atoms with E-state index in [2.05, 4.69) is 59.8 Å². The smallest absolute Gasteiger partial charge is 0.193 e. The van der Waals surface area contributed by atoms with Gasteiger partial charge in [-0.15, -0.1) is 35.3 Å². The monoisotopic (exact) mass is 464 g/mol. The highest BCUT2D eigenvalue weighted by atomic mass is 127. The summed E-state index contributed by atoms with van der Waals surface area (Å²) in [6.45, 7) is 8.79. The lowest BCUT2D eigenvalue weighted by atomic mass is 10.3. The lowest BCUT2D eigenvalue weighted by molar-refractivity contribution is 0.478. The van der Waals surface area contributed by atoms with Crippen LogP contribution in [0.4, 0.5) is 0 Å². The number of rotatable bonds is 6. The molecule has 2 aromatic heterocycles. The van der Waals surface area contributed by atoms with Gasteiger partial charge in [-0.05, 0) is 43.2 Å². The van der Waals surface area contributed by atoms with Gasteiger partial charge in [0.25, 0.3) is 0 Å². The van der Waals surface area contributed by atoms with Crippen molar-refractivity contribution >= 4 is 52.6 Å². The third kappa shape index (κ3) is 6.39. The largest absolute Gasteiger partial charge is 0.357 e. The Balaban J connectivity index is 0.00000264. The van der Waals surface area contributed by atoms with Gasteiger partial charge in [-0.1, -0.05) is 0 Å². The Bertz CT molecular complexity index is 608. The van der Waals surface area contributed by atoms with Crippen molar-refractivity contribution in [1.82, 2.24) is 15.2 Å². The van der Waals surface area contributed by atoms with Crippen molar-refractivity contribution in [3.05, 3.63) is 38.0 Å². The zero-order valence-corrected chi connectivity index (χ0v) is 18.1. The standard InChI is InChI=1S/C16H24N4S2.HI/c1-5-17-16(20(4)10-14-7-9-21-11-14)18-8-6-15-12(2)19-13(3)22-15;/h7,9,11H,5-6,8,10H2,1-4H3,(H,17,18);1H. The molecule has 0 fully saturated rings. The van der Waals surface area contributed by atoms with Crippen molar-refractivity contribution in [1.29, 1.82) is 0 Å². The van der Waals surface area contributed by atoms with Crippen LogP contribution in [-0.4, -0.2) is 36.0 Å². The quantitative estimate of drug-likeness (QED) is 0.398. The normalized spacial score (nSPS) is 11.2. The van der Waals surface area contributed by atoms with Gasteiger partial charge in [0.15, 0.2) is 5.96 Å². The van der Waals surface area contributed by atoms with Gasteiger partial charge in [-0.2, -0.15) is 11.3 Å². The minimum atomic E-state index is 0. The van der Waals surface area contributed by atoms with Gasteiger partial charge in [-0.25, -0.2) is 4.98 Å². The van der Waals surface area contributed by atoms with Gasteiger partial charge in [0.1, 0.15) is 0 Å². The first-order valence-electron chi connectivity index (χ1n) is 7.53. The molecular formula is C16H25IN4S2. The van der Waals surface area contributed by atoms with Crippen LogP contribution in [0.15, 0.2) is 21.8 Å². The molecule has 0 amide bonds. The second kappa shape index (κ2) is 10.2. The topological polar surface area (TPSA) is 40.5 Å². The highest BCUT2D eigenvalue weighted by Crippen LogP contribution is 2.17. The highest BCUT2D eigenvalue weighted by Gasteiger charge is 2.08. The number of nitrogens with zero attached hydrogens (tertiary/aromatic N) is 3. The molecule has 0 aliphatic carbocycles. The summed E-state index contributed by atoms with van der Waals surface area (Å²) in [6, 6.07) is 2.16. The summed E-state index contributed by atoms with van der Waals surface area (Å²) in [6.07, 6.45) is 0.957. The Hall–Kier alpha value is -0.670. The Morgan fingerprint density at radius 1 is 1.39 bits per heavy atom. The van der Waals surface area contributed by atoms with E-state index >= 15 is 0 Å². The summed E-state index contributed by atoms with van der Waals surface area (Å²) >= 11 is 3.51. The van der Waals surface area contributed by atoms with E-state index in [1.165, 1.54) is 10.4 Å². The molecule has 7 heteroatoms. The number of guanidine groups is 1. The predicted molar refractivity (Wildman–Crippen MR) is 112 cm³/mol. The predicted octanol–water partition coefficient (Wildman–Crippen LogP) is 4.08. The Kier molecular flexibility index (Phi) is 9.08. The van der Waals surface area contributed by atoms with Crippen molar-refractivity contribution in [3.63, 3.8) is 0 Å². The summed E-state index contributed by atoms with van der Waals surface area (Å²) in [5.41, 5.74) is 2.47. The van der Waals surface area contributed by atoms with E-state index in [1.807, 2.05) is 0 Å². The second-order valence-electron chi connectivity index (χ2n) is 5.21. The van der Waals surface area contributed by atoms with Crippen LogP contribution in [0, 0.1) is 13.8 Å². The zero-order valence-electron chi connectivity index (χ0n) is 14.1. The molecular weight excluding hydrogens is 439 g/mol. The van der Waals surface area contributed by atoms with Crippen LogP contribution in [0.2, 0.25) is 0 Å². The van der Waals surface area contributed by atoms with Crippen LogP contribution in [0.1, 0.15) is 28.1 Å². The van der Waals surface area contributed by atoms with Crippen LogP contribution >= 0.6 is 46.7 Å². The van der Waals surface area contributed by atoms with E-state index < -0.39 is 0 Å². The fourth-order valence-corrected chi connectivity index (χ4v) is 3.86. The number of thiazole rings is 1. The number of aryl methyl sites for hydroxylation is 2. The molecule has 0 saturated carbocycles. The van der Waals surface area contributed by atoms with Gasteiger partial charge in [0.05, 0.1) is 10.7 Å². The van der Waals surface area contributed by atoms with E-state index in [-0.39, 0.29) is 24.0 Å². The lowest BCUT2D eigenvalue weighted by Gasteiger charge is -2.21. The molecule has 0 radical (unpaired) electrons. The molecule has 0 aliphatic heterocycles. The average molecular weight is 464 g/mol. The molecule has 2 rings (SSSR count). The molecule has 0 atom stereocenters. The molecule has 0 saturated heterocycles. The lowest BCUT2D eigenvalue weighted by Crippen LogP contribution is -2.38. The first kappa shape index (κ1) is 20.4. The Morgan fingerprint density at radius 3 is 2.74 bits per heavy atom. The summed E-state index contributed by atoms with van der Waals surface area (Å²) < 4.78 is 0. The molecule has 2 heterocycles. The molecule has 0 bridgehead atoms. The molecule has 2 aromatic rings. The molecule has 0 unspecified atom stereocenters. The first-order chi connectivity index (χ1) is 10.6. The molecule has 128 valence electrons. The third-order valence-corrected chi connectivity index (χ3v) is 5.16. The number of nitrogens with one attached hydrogen (secondary N) is 1. The van der Waals surface area contributed by atoms with E-state index in [0.717, 1.165) is 42.7 Å². The fourth-order valence-electron chi connectivity index (χ4n) is 2.27. The molecule has 0 spiro atoms. The van der Waals surface area contributed by atoms with E-state index in [1.54, 1.807) is 22.7 Å². The van der Waals surface area contributed by atoms with Gasteiger partial charge in [-0.3, -0.25) is 4.99 Å². The maximum Gasteiger partial charge on any atom is 0.193 e. The summed E-state index contributed by atoms with van der Waals surface area (Å²) in [7, 11) is 2.08. The third-order valence-electron chi connectivity index (χ3n) is 3.30. The Labute approximate surface area is 164 Å². The van der Waals surface area contributed by atoms with Gasteiger partial charge in [0.2, 0.25) is 0 Å². The van der Waals surface area contributed by atoms with Crippen molar-refractivity contribution in [2.24, 2.45) is 4.99 Å². The van der Waals surface area contributed by atoms with E-state index in [9.17, 15) is 0 Å². The van der Waals surface area contributed by atoms with Crippen LogP contribution < -0.4 is 5.32 Å². The number of aromatic nitrogens is 1. The SMILES string of the molecule is CCNC(=NCCc1sc(C)nc1C)N(C)Cc1ccsc1.I. The summed E-state index contributed by atoms with van der Waals surface area (Å²) in [5.74, 6) is 0.965. The Morgan fingerprint density at radius 2 is 2.17 bits per heavy atom. The van der Waals surface area contributed by atoms with Gasteiger partial charge in [0, 0.05) is 38.0 Å². The van der Waals surface area contributed by atoms with Crippen LogP contribution in [0.5, 0.6) is 0 Å². The van der Waals surface area contributed by atoms with Crippen LogP contribution in [0.25, 0.3) is 0 Å². The first-order valence-corrected chi connectivity index (χ1v) is 9.29. The van der Waals surface area contributed by atoms with Crippen molar-refractivity contribution < 1.29 is 0 Å². The maximum absolute atomic E-state index is 4.75. The minimum Gasteiger partial charge on any atom is -0.357 e. The number of aliphatic imine (C=N–C) groups is 1. The molecule has 0 aliphatic rings. The maximum atomic E-state index is 4.75. The van der Waals surface area contributed by atoms with E-state index in [0.29, 0.717) is 0 Å². The number of hydrogen-bond acceptors (Lipinski definition) is 4. The highest BCUT2D eigenvalue weighted by molar-refractivity contribution is 14.0. The zero-order chi connectivity index (χ0) is 15.9. The number of halogens is 1. The fraction of sp³-hybridized carbons (Fsp3) is 0.500. The molecule has 1 N–H and O–H groups in total. The average Bonchev–Trinajstić information content (AvgIpc) is 3.08. The molecule has 0 aromatic carbocycles. The summed E-state index contributed by atoms with van der Waals surface area (Å²) in [5, 5.41) is 8.80. The molecule has 23 heavy (non-hydrogen) atoms. The van der Waals surface area contributed by atoms with Crippen LogP contribution in [0.3, 0.4) is 0 Å². The second-order valence-corrected chi connectivity index (χ2v) is 7.28. The number of hydrogen-bond donors (Lipinski definition) is 1. The molecule has 4 nitrogen and oxygen atoms in total. The van der Waals surface area contributed by atoms with Crippen molar-refractivity contribution in [2.45, 2.75) is 33.7 Å². The number of thiophene rings is 1. The van der Waals surface area contributed by atoms with Gasteiger partial charge >= 0.3 is 0 Å². The van der Waals surface area contributed by atoms with Crippen molar-refractivity contribution in [3.8, 4) is 0 Å². The minimum absolute atomic E-state index is 0. The van der Waals surface area contributed by atoms with Crippen molar-refractivity contribution in [2.75, 3.05) is 20.1 Å². The van der Waals surface area contributed by atoms with Crippen LogP contribution in [-0.2, 0) is 13.0 Å². The summed E-state index contributed by atoms with van der Waals surface area (Å²) in [4.78, 5) is 12.8.